The highest BCUT2D eigenvalue weighted by molar-refractivity contribution is 6.10. The molecular formula is C61H57N11O8. The van der Waals surface area contributed by atoms with E-state index in [0.717, 1.165) is 118 Å². The fourth-order valence-corrected chi connectivity index (χ4v) is 10.3. The minimum absolute atomic E-state index is 0.171. The van der Waals surface area contributed by atoms with Crippen molar-refractivity contribution in [3.63, 3.8) is 0 Å². The van der Waals surface area contributed by atoms with E-state index in [2.05, 4.69) is 41.3 Å². The second-order valence-corrected chi connectivity index (χ2v) is 18.8. The lowest BCUT2D eigenvalue weighted by atomic mass is 10.1. The van der Waals surface area contributed by atoms with Gasteiger partial charge in [0.1, 0.15) is 34.5 Å². The second-order valence-electron chi connectivity index (χ2n) is 18.8. The number of hydrogen-bond donors (Lipinski definition) is 6. The highest BCUT2D eigenvalue weighted by Gasteiger charge is 2.28. The summed E-state index contributed by atoms with van der Waals surface area (Å²) >= 11 is 0. The van der Waals surface area contributed by atoms with Gasteiger partial charge in [-0.2, -0.15) is 0 Å². The van der Waals surface area contributed by atoms with Crippen molar-refractivity contribution < 1.29 is 37.7 Å². The van der Waals surface area contributed by atoms with Gasteiger partial charge in [-0.05, 0) is 133 Å². The third kappa shape index (κ3) is 9.63. The number of phenols is 1. The smallest absolute Gasteiger partial charge is 0.316 e. The number of nitrogens with zero attached hydrogens (tertiary/aromatic N) is 6. The van der Waals surface area contributed by atoms with Gasteiger partial charge in [-0.25, -0.2) is 9.59 Å². The summed E-state index contributed by atoms with van der Waals surface area (Å²) in [7, 11) is 3.29. The average Bonchev–Trinajstić information content (AvgIpc) is 3.75. The Bertz CT molecular complexity index is 4200. The van der Waals surface area contributed by atoms with Gasteiger partial charge in [0.15, 0.2) is 0 Å². The first-order valence-electron chi connectivity index (χ1n) is 25.3. The van der Waals surface area contributed by atoms with Crippen molar-refractivity contribution >= 4 is 61.8 Å². The van der Waals surface area contributed by atoms with Gasteiger partial charge in [0, 0.05) is 33.2 Å². The van der Waals surface area contributed by atoms with E-state index in [1.807, 2.05) is 161 Å². The van der Waals surface area contributed by atoms with Gasteiger partial charge in [-0.3, -0.25) is 0 Å². The van der Waals surface area contributed by atoms with Crippen molar-refractivity contribution in [1.29, 1.82) is 0 Å². The van der Waals surface area contributed by atoms with Crippen LogP contribution in [0.15, 0.2) is 159 Å². The van der Waals surface area contributed by atoms with Crippen LogP contribution in [-0.4, -0.2) is 60.6 Å². The number of hydrogen-bond acceptors (Lipinski definition) is 12. The molecule has 0 atom stereocenters. The minimum atomic E-state index is -0.656. The summed E-state index contributed by atoms with van der Waals surface area (Å²) in [6.45, 7) is 11.2. The minimum Gasteiger partial charge on any atom is -0.508 e. The van der Waals surface area contributed by atoms with Crippen LogP contribution in [0, 0.1) is 41.5 Å². The number of primary amides is 2. The molecule has 0 aliphatic rings. The number of amides is 4. The molecule has 0 fully saturated rings. The van der Waals surface area contributed by atoms with Crippen molar-refractivity contribution in [2.24, 2.45) is 11.5 Å². The predicted molar refractivity (Wildman–Crippen MR) is 310 cm³/mol. The van der Waals surface area contributed by atoms with Crippen LogP contribution >= 0.6 is 0 Å². The molecule has 12 aromatic rings. The lowest BCUT2D eigenvalue weighted by molar-refractivity contribution is 0.258. The van der Waals surface area contributed by atoms with E-state index in [0.29, 0.717) is 28.6 Å². The summed E-state index contributed by atoms with van der Waals surface area (Å²) in [5, 5.41) is 30.2. The lowest BCUT2D eigenvalue weighted by Gasteiger charge is -2.13. The number of nitrogens with two attached hydrogens (primary N) is 3. The highest BCUT2D eigenvalue weighted by atomic mass is 16.5. The van der Waals surface area contributed by atoms with Crippen LogP contribution in [-0.2, 0) is 0 Å². The maximum absolute atomic E-state index is 11.8. The summed E-state index contributed by atoms with van der Waals surface area (Å²) in [5.41, 5.74) is 32.1. The Hall–Kier alpha value is -10.7. The first kappa shape index (κ1) is 52.7. The molecule has 404 valence electrons. The molecule has 0 bridgehead atoms. The predicted octanol–water partition coefficient (Wildman–Crippen LogP) is 13.0. The Morgan fingerprint density at radius 1 is 0.463 bits per heavy atom. The number of urea groups is 2. The van der Waals surface area contributed by atoms with Crippen molar-refractivity contribution in [2.45, 2.75) is 41.5 Å². The quantitative estimate of drug-likeness (QED) is 0.0746. The van der Waals surface area contributed by atoms with Crippen LogP contribution in [0.4, 0.5) is 26.7 Å². The summed E-state index contributed by atoms with van der Waals surface area (Å²) < 4.78 is 32.9. The number of nitrogen functional groups attached to an aromatic ring is 1. The Morgan fingerprint density at radius 2 is 0.775 bits per heavy atom. The van der Waals surface area contributed by atoms with E-state index in [1.54, 1.807) is 38.5 Å². The number of carbonyl (C=O) groups excluding carboxylic acids is 2. The molecule has 0 spiro atoms. The Labute approximate surface area is 458 Å². The molecular weight excluding hydrogens is 1010 g/mol. The third-order valence-corrected chi connectivity index (χ3v) is 13.7. The van der Waals surface area contributed by atoms with Crippen LogP contribution in [0.2, 0.25) is 0 Å². The topological polar surface area (TPSA) is 268 Å². The number of rotatable bonds is 10. The maximum atomic E-state index is 11.8. The van der Waals surface area contributed by atoms with E-state index in [4.69, 9.17) is 40.2 Å². The highest BCUT2D eigenvalue weighted by Crippen LogP contribution is 2.45. The van der Waals surface area contributed by atoms with Crippen molar-refractivity contribution in [1.82, 2.24) is 29.2 Å². The van der Waals surface area contributed by atoms with Gasteiger partial charge in [0.2, 0.25) is 0 Å². The molecule has 4 amide bonds. The summed E-state index contributed by atoms with van der Waals surface area (Å²) in [4.78, 5) is 23.5. The fourth-order valence-electron chi connectivity index (χ4n) is 10.3. The third-order valence-electron chi connectivity index (χ3n) is 13.7. The number of ether oxygens (including phenoxy) is 2. The number of para-hydroxylation sites is 3. The van der Waals surface area contributed by atoms with Crippen LogP contribution in [0.3, 0.4) is 0 Å². The molecule has 19 heteroatoms. The van der Waals surface area contributed by atoms with Crippen LogP contribution in [0.1, 0.15) is 34.4 Å². The number of aryl methyl sites for hydroxylation is 6. The van der Waals surface area contributed by atoms with Gasteiger partial charge in [0.25, 0.3) is 0 Å². The van der Waals surface area contributed by atoms with Crippen molar-refractivity contribution in [3.8, 4) is 68.1 Å². The van der Waals surface area contributed by atoms with Crippen LogP contribution in [0.5, 0.6) is 17.2 Å². The first-order valence-corrected chi connectivity index (χ1v) is 25.3. The molecule has 0 radical (unpaired) electrons. The molecule has 9 N–H and O–H groups in total. The number of phenolic OH excluding ortho intramolecular Hbond substituents is 1. The van der Waals surface area contributed by atoms with E-state index in [9.17, 15) is 14.7 Å². The van der Waals surface area contributed by atoms with Gasteiger partial charge in [0.05, 0.1) is 98.7 Å². The SMILES string of the molecule is COc1ccc(-n2c(-c3c(C)noc3C)c(N)c3ccccc32)cc1.COc1ccc(-n2c(-c3c(C)noc3C)c(NC(N)=O)c3ccccc32)cc1.Cc1noc(C)c1-c1c(NC(N)=O)c2ccccc2n1-c1ccc(O)cc1. The molecule has 0 aliphatic heterocycles. The van der Waals surface area contributed by atoms with Gasteiger partial charge < -0.3 is 69.7 Å². The van der Waals surface area contributed by atoms with Crippen LogP contribution < -0.4 is 37.3 Å². The molecule has 0 saturated carbocycles. The number of methoxy groups -OCH3 is 2. The molecule has 12 rings (SSSR count). The van der Waals surface area contributed by atoms with Crippen molar-refractivity contribution in [2.75, 3.05) is 30.6 Å². The lowest BCUT2D eigenvalue weighted by Crippen LogP contribution is -2.19. The Morgan fingerprint density at radius 3 is 1.11 bits per heavy atom. The number of nitrogens with one attached hydrogen (secondary N) is 2. The Balaban J connectivity index is 0.000000135. The zero-order valence-corrected chi connectivity index (χ0v) is 45.1. The summed E-state index contributed by atoms with van der Waals surface area (Å²) in [5.74, 6) is 3.78. The van der Waals surface area contributed by atoms with E-state index in [-0.39, 0.29) is 5.75 Å². The summed E-state index contributed by atoms with van der Waals surface area (Å²) in [6, 6.07) is 44.8. The molecule has 0 aliphatic carbocycles. The monoisotopic (exact) mass is 1070 g/mol. The molecule has 0 unspecified atom stereocenters. The summed E-state index contributed by atoms with van der Waals surface area (Å²) in [6.07, 6.45) is 0. The van der Waals surface area contributed by atoms with E-state index < -0.39 is 12.1 Å². The zero-order chi connectivity index (χ0) is 56.5. The fraction of sp³-hybridized carbons (Fsp3) is 0.131. The van der Waals surface area contributed by atoms with Crippen LogP contribution in [0.25, 0.3) is 83.5 Å². The molecule has 6 aromatic heterocycles. The number of anilines is 3. The molecule has 19 nitrogen and oxygen atoms in total. The molecule has 80 heavy (non-hydrogen) atoms. The molecule has 0 saturated heterocycles. The van der Waals surface area contributed by atoms with Gasteiger partial charge in [-0.15, -0.1) is 0 Å². The number of fused-ring (bicyclic) bond motifs is 3. The van der Waals surface area contributed by atoms with Gasteiger partial charge >= 0.3 is 12.1 Å². The number of aromatic nitrogens is 6. The zero-order valence-electron chi connectivity index (χ0n) is 45.1. The van der Waals surface area contributed by atoms with Crippen molar-refractivity contribution in [3.05, 3.63) is 180 Å². The largest absolute Gasteiger partial charge is 0.508 e. The normalized spacial score (nSPS) is 11.1. The van der Waals surface area contributed by atoms with E-state index in [1.165, 1.54) is 0 Å². The first-order chi connectivity index (χ1) is 38.6. The van der Waals surface area contributed by atoms with E-state index >= 15 is 0 Å². The second kappa shape index (κ2) is 21.7. The number of benzene rings is 6. The number of carbonyl (C=O) groups is 2. The van der Waals surface area contributed by atoms with Gasteiger partial charge in [-0.1, -0.05) is 70.1 Å². The Kier molecular flexibility index (Phi) is 14.3. The number of aromatic hydroxyl groups is 1. The standard InChI is InChI=1S/C21H20N4O3.C20H18N4O3.C20H19N3O2/c1-12-18(13(2)28-24-12)20-19(23-21(22)26)16-6-4-5-7-17(16)25(20)14-8-10-15(27-3)11-9-14;1-11-17(12(2)27-23-11)19-18(22-20(21)26)15-5-3-4-6-16(15)24(19)13-7-9-14(25)10-8-13;1-12-18(13(2)25-22-12)20-19(21)16-6-4-5-7-17(16)23(20)14-8-10-15(24-3)11-9-14/h4-11H,1-3H3,(H3,22,23,26);3-10,25H,1-2H3,(H3,21,22,26);4-11H,21H2,1-3H3. The molecule has 6 aromatic carbocycles. The average molecular weight is 1070 g/mol. The molecule has 6 heterocycles. The maximum Gasteiger partial charge on any atom is 0.316 e.